The third-order valence-electron chi connectivity index (χ3n) is 5.34. The van der Waals surface area contributed by atoms with E-state index in [1.807, 2.05) is 23.1 Å². The van der Waals surface area contributed by atoms with Gasteiger partial charge in [-0.25, -0.2) is 0 Å². The monoisotopic (exact) mass is 352 g/mol. The first-order valence-electron chi connectivity index (χ1n) is 9.37. The number of carbonyl (C=O) groups excluding carboxylic acids is 1. The Balaban J connectivity index is 1.51. The Morgan fingerprint density at radius 2 is 1.85 bits per heavy atom. The number of benzene rings is 2. The van der Waals surface area contributed by atoms with Crippen LogP contribution in [0.15, 0.2) is 54.6 Å². The summed E-state index contributed by atoms with van der Waals surface area (Å²) in [6, 6.07) is 18.5. The van der Waals surface area contributed by atoms with E-state index in [4.69, 9.17) is 10.5 Å². The van der Waals surface area contributed by atoms with Gasteiger partial charge in [0.2, 0.25) is 5.91 Å². The largest absolute Gasteiger partial charge is 0.497 e. The van der Waals surface area contributed by atoms with Gasteiger partial charge in [0.15, 0.2) is 0 Å². The molecule has 0 bridgehead atoms. The van der Waals surface area contributed by atoms with Crippen molar-refractivity contribution in [3.8, 4) is 5.75 Å². The lowest BCUT2D eigenvalue weighted by atomic mass is 9.89. The van der Waals surface area contributed by atoms with Crippen molar-refractivity contribution in [3.63, 3.8) is 0 Å². The minimum atomic E-state index is 0.246. The van der Waals surface area contributed by atoms with Crippen LogP contribution in [-0.2, 0) is 11.2 Å². The molecule has 1 aliphatic rings. The Labute approximate surface area is 156 Å². The molecule has 1 saturated heterocycles. The van der Waals surface area contributed by atoms with Crippen molar-refractivity contribution < 1.29 is 9.53 Å². The van der Waals surface area contributed by atoms with Crippen LogP contribution in [0.5, 0.6) is 5.75 Å². The van der Waals surface area contributed by atoms with Crippen LogP contribution in [0, 0.1) is 5.92 Å². The van der Waals surface area contributed by atoms with E-state index in [9.17, 15) is 4.79 Å². The predicted molar refractivity (Wildman–Crippen MR) is 104 cm³/mol. The number of rotatable bonds is 7. The van der Waals surface area contributed by atoms with E-state index in [1.54, 1.807) is 7.11 Å². The molecule has 0 spiro atoms. The summed E-state index contributed by atoms with van der Waals surface area (Å²) in [6.45, 7) is 2.18. The molecule has 138 valence electrons. The predicted octanol–water partition coefficient (Wildman–Crippen LogP) is 3.22. The normalized spacial score (nSPS) is 19.5. The van der Waals surface area contributed by atoms with E-state index >= 15 is 0 Å². The Morgan fingerprint density at radius 1 is 1.12 bits per heavy atom. The molecule has 4 heteroatoms. The van der Waals surface area contributed by atoms with Gasteiger partial charge in [0, 0.05) is 25.4 Å². The highest BCUT2D eigenvalue weighted by Crippen LogP contribution is 2.32. The Hall–Kier alpha value is -2.33. The Bertz CT molecular complexity index is 700. The molecule has 0 aliphatic carbocycles. The van der Waals surface area contributed by atoms with Crippen molar-refractivity contribution in [1.29, 1.82) is 0 Å². The number of carbonyl (C=O) groups is 1. The smallest absolute Gasteiger partial charge is 0.222 e. The van der Waals surface area contributed by atoms with Crippen LogP contribution < -0.4 is 10.5 Å². The zero-order valence-corrected chi connectivity index (χ0v) is 15.4. The van der Waals surface area contributed by atoms with Crippen molar-refractivity contribution in [2.75, 3.05) is 26.7 Å². The van der Waals surface area contributed by atoms with Gasteiger partial charge < -0.3 is 15.4 Å². The number of aryl methyl sites for hydroxylation is 1. The van der Waals surface area contributed by atoms with Crippen molar-refractivity contribution in [2.24, 2.45) is 11.7 Å². The van der Waals surface area contributed by atoms with Crippen LogP contribution in [0.1, 0.15) is 29.9 Å². The number of hydrogen-bond acceptors (Lipinski definition) is 3. The fraction of sp³-hybridized carbons (Fsp3) is 0.409. The summed E-state index contributed by atoms with van der Waals surface area (Å²) in [4.78, 5) is 14.6. The van der Waals surface area contributed by atoms with E-state index < -0.39 is 0 Å². The number of amides is 1. The van der Waals surface area contributed by atoms with Crippen LogP contribution in [0.2, 0.25) is 0 Å². The first-order chi connectivity index (χ1) is 12.7. The van der Waals surface area contributed by atoms with Gasteiger partial charge in [-0.1, -0.05) is 42.5 Å². The van der Waals surface area contributed by atoms with Crippen molar-refractivity contribution >= 4 is 5.91 Å². The van der Waals surface area contributed by atoms with Gasteiger partial charge in [-0.2, -0.15) is 0 Å². The summed E-state index contributed by atoms with van der Waals surface area (Å²) < 4.78 is 5.18. The SMILES string of the molecule is COc1ccc(CCCC(=O)N2C[C@@H](CN)[C@H](c3ccccc3)C2)cc1. The second-order valence-corrected chi connectivity index (χ2v) is 7.01. The Kier molecular flexibility index (Phi) is 6.29. The quantitative estimate of drug-likeness (QED) is 0.832. The number of ether oxygens (including phenoxy) is 1. The topological polar surface area (TPSA) is 55.6 Å². The first kappa shape index (κ1) is 18.5. The zero-order chi connectivity index (χ0) is 18.4. The molecule has 1 heterocycles. The van der Waals surface area contributed by atoms with Crippen LogP contribution in [-0.4, -0.2) is 37.6 Å². The number of nitrogens with zero attached hydrogens (tertiary/aromatic N) is 1. The molecule has 4 nitrogen and oxygen atoms in total. The third kappa shape index (κ3) is 4.44. The summed E-state index contributed by atoms with van der Waals surface area (Å²) >= 11 is 0. The van der Waals surface area contributed by atoms with E-state index in [0.29, 0.717) is 24.8 Å². The lowest BCUT2D eigenvalue weighted by molar-refractivity contribution is -0.130. The van der Waals surface area contributed by atoms with E-state index in [2.05, 4.69) is 36.4 Å². The second kappa shape index (κ2) is 8.86. The van der Waals surface area contributed by atoms with Crippen LogP contribution in [0.25, 0.3) is 0 Å². The molecule has 1 fully saturated rings. The zero-order valence-electron chi connectivity index (χ0n) is 15.4. The molecule has 2 N–H and O–H groups in total. The number of methoxy groups -OCH3 is 1. The second-order valence-electron chi connectivity index (χ2n) is 7.01. The molecule has 0 aromatic heterocycles. The summed E-state index contributed by atoms with van der Waals surface area (Å²) in [6.07, 6.45) is 2.36. The van der Waals surface area contributed by atoms with Crippen molar-refractivity contribution in [2.45, 2.75) is 25.2 Å². The third-order valence-corrected chi connectivity index (χ3v) is 5.34. The van der Waals surface area contributed by atoms with Crippen LogP contribution in [0.3, 0.4) is 0 Å². The van der Waals surface area contributed by atoms with Gasteiger partial charge in [0.05, 0.1) is 7.11 Å². The lowest BCUT2D eigenvalue weighted by Crippen LogP contribution is -2.29. The van der Waals surface area contributed by atoms with E-state index in [-0.39, 0.29) is 5.91 Å². The van der Waals surface area contributed by atoms with Crippen LogP contribution in [0.4, 0.5) is 0 Å². The molecule has 0 unspecified atom stereocenters. The highest BCUT2D eigenvalue weighted by molar-refractivity contribution is 5.76. The molecule has 0 saturated carbocycles. The number of hydrogen-bond donors (Lipinski definition) is 1. The minimum Gasteiger partial charge on any atom is -0.497 e. The average molecular weight is 352 g/mol. The van der Waals surface area contributed by atoms with Gasteiger partial charge in [0.25, 0.3) is 0 Å². The van der Waals surface area contributed by atoms with E-state index in [1.165, 1.54) is 11.1 Å². The summed E-state index contributed by atoms with van der Waals surface area (Å²) in [7, 11) is 1.67. The molecule has 3 rings (SSSR count). The minimum absolute atomic E-state index is 0.246. The summed E-state index contributed by atoms with van der Waals surface area (Å²) in [5.74, 6) is 1.81. The molecule has 1 amide bonds. The molecule has 2 aromatic carbocycles. The van der Waals surface area contributed by atoms with E-state index in [0.717, 1.165) is 31.7 Å². The number of likely N-dealkylation sites (tertiary alicyclic amines) is 1. The average Bonchev–Trinajstić information content (AvgIpc) is 3.14. The summed E-state index contributed by atoms with van der Waals surface area (Å²) in [5, 5.41) is 0. The highest BCUT2D eigenvalue weighted by Gasteiger charge is 2.34. The maximum absolute atomic E-state index is 12.6. The standard InChI is InChI=1S/C22H28N2O2/c1-26-20-12-10-17(11-13-20)6-5-9-22(25)24-15-19(14-23)21(16-24)18-7-3-2-4-8-18/h2-4,7-8,10-13,19,21H,5-6,9,14-16,23H2,1H3/t19-,21+/m1/s1. The van der Waals surface area contributed by atoms with Gasteiger partial charge in [-0.15, -0.1) is 0 Å². The maximum atomic E-state index is 12.6. The molecule has 2 atom stereocenters. The molecular weight excluding hydrogens is 324 g/mol. The van der Waals surface area contributed by atoms with Crippen molar-refractivity contribution in [1.82, 2.24) is 4.90 Å². The molecule has 1 aliphatic heterocycles. The first-order valence-corrected chi connectivity index (χ1v) is 9.37. The highest BCUT2D eigenvalue weighted by atomic mass is 16.5. The maximum Gasteiger partial charge on any atom is 0.222 e. The summed E-state index contributed by atoms with van der Waals surface area (Å²) in [5.41, 5.74) is 8.50. The fourth-order valence-corrected chi connectivity index (χ4v) is 3.79. The number of nitrogens with two attached hydrogens (primary N) is 1. The molecule has 0 radical (unpaired) electrons. The molecule has 2 aromatic rings. The van der Waals surface area contributed by atoms with Crippen molar-refractivity contribution in [3.05, 3.63) is 65.7 Å². The van der Waals surface area contributed by atoms with Crippen LogP contribution >= 0.6 is 0 Å². The Morgan fingerprint density at radius 3 is 2.50 bits per heavy atom. The fourth-order valence-electron chi connectivity index (χ4n) is 3.79. The van der Waals surface area contributed by atoms with Gasteiger partial charge in [-0.3, -0.25) is 4.79 Å². The molecule has 26 heavy (non-hydrogen) atoms. The van der Waals surface area contributed by atoms with Gasteiger partial charge in [0.1, 0.15) is 5.75 Å². The lowest BCUT2D eigenvalue weighted by Gasteiger charge is -2.17. The van der Waals surface area contributed by atoms with Gasteiger partial charge in [-0.05, 0) is 48.6 Å². The van der Waals surface area contributed by atoms with Gasteiger partial charge >= 0.3 is 0 Å². The molecular formula is C22H28N2O2.